The van der Waals surface area contributed by atoms with Crippen LogP contribution >= 0.6 is 23.4 Å². The number of nitrogens with one attached hydrogen (secondary N) is 2. The molecular weight excluding hydrogens is 450 g/mol. The molecule has 1 heterocycles. The van der Waals surface area contributed by atoms with Crippen molar-refractivity contribution < 1.29 is 14.3 Å². The summed E-state index contributed by atoms with van der Waals surface area (Å²) in [7, 11) is 0. The smallest absolute Gasteiger partial charge is 0.340 e. The molecule has 0 bridgehead atoms. The van der Waals surface area contributed by atoms with Gasteiger partial charge in [-0.3, -0.25) is 9.59 Å². The van der Waals surface area contributed by atoms with E-state index in [-0.39, 0.29) is 29.4 Å². The summed E-state index contributed by atoms with van der Waals surface area (Å²) in [4.78, 5) is 44.2. The molecule has 0 fully saturated rings. The van der Waals surface area contributed by atoms with Crippen LogP contribution in [0.1, 0.15) is 34.1 Å². The van der Waals surface area contributed by atoms with Crippen molar-refractivity contribution in [3.63, 3.8) is 0 Å². The zero-order valence-electron chi connectivity index (χ0n) is 17.6. The summed E-state index contributed by atoms with van der Waals surface area (Å²) in [6.07, 6.45) is 0.432. The van der Waals surface area contributed by atoms with Crippen LogP contribution < -0.4 is 10.9 Å². The molecule has 32 heavy (non-hydrogen) atoms. The highest BCUT2D eigenvalue weighted by molar-refractivity contribution is 7.99. The van der Waals surface area contributed by atoms with Gasteiger partial charge in [-0.15, -0.1) is 0 Å². The van der Waals surface area contributed by atoms with Gasteiger partial charge in [-0.2, -0.15) is 0 Å². The zero-order valence-corrected chi connectivity index (χ0v) is 19.2. The van der Waals surface area contributed by atoms with Crippen molar-refractivity contribution in [2.75, 3.05) is 17.7 Å². The number of H-pyrrole nitrogens is 1. The first kappa shape index (κ1) is 23.6. The number of aryl methyl sites for hydroxylation is 1. The van der Waals surface area contributed by atoms with E-state index in [1.54, 1.807) is 50.2 Å². The second-order valence-corrected chi connectivity index (χ2v) is 8.24. The molecule has 0 unspecified atom stereocenters. The molecule has 1 aromatic heterocycles. The van der Waals surface area contributed by atoms with Crippen LogP contribution in [0.2, 0.25) is 5.02 Å². The fourth-order valence-corrected chi connectivity index (χ4v) is 3.80. The normalized spacial score (nSPS) is 10.6. The van der Waals surface area contributed by atoms with Crippen molar-refractivity contribution in [1.82, 2.24) is 9.97 Å². The second kappa shape index (κ2) is 11.0. The number of nitrogens with zero attached hydrogens (tertiary/aromatic N) is 1. The second-order valence-electron chi connectivity index (χ2n) is 6.84. The van der Waals surface area contributed by atoms with Crippen LogP contribution in [0.5, 0.6) is 0 Å². The van der Waals surface area contributed by atoms with Crippen LogP contribution in [-0.2, 0) is 16.0 Å². The highest BCUT2D eigenvalue weighted by Crippen LogP contribution is 2.19. The molecule has 2 N–H and O–H groups in total. The molecule has 0 aliphatic rings. The van der Waals surface area contributed by atoms with E-state index < -0.39 is 5.97 Å². The Morgan fingerprint density at radius 3 is 2.56 bits per heavy atom. The standard InChI is InChI=1S/C23H22ClN3O4S/c1-3-31-22(30)17-6-4-5-7-19(17)26-20(28)13-32-23-25-14(2)18(21(29)27-23)12-15-8-10-16(24)11-9-15/h4-11H,3,12-13H2,1-2H3,(H,26,28)(H,25,27,29). The summed E-state index contributed by atoms with van der Waals surface area (Å²) in [5.74, 6) is -0.831. The van der Waals surface area contributed by atoms with Crippen LogP contribution in [0.25, 0.3) is 0 Å². The number of rotatable bonds is 8. The number of halogens is 1. The summed E-state index contributed by atoms with van der Waals surface area (Å²) in [6.45, 7) is 3.72. The van der Waals surface area contributed by atoms with Gasteiger partial charge in [0.05, 0.1) is 23.6 Å². The lowest BCUT2D eigenvalue weighted by atomic mass is 10.1. The summed E-state index contributed by atoms with van der Waals surface area (Å²) < 4.78 is 5.01. The Labute approximate surface area is 194 Å². The van der Waals surface area contributed by atoms with Gasteiger partial charge in [0.2, 0.25) is 5.91 Å². The minimum atomic E-state index is -0.506. The van der Waals surface area contributed by atoms with Gasteiger partial charge in [-0.25, -0.2) is 9.78 Å². The van der Waals surface area contributed by atoms with E-state index in [2.05, 4.69) is 15.3 Å². The molecule has 0 spiro atoms. The summed E-state index contributed by atoms with van der Waals surface area (Å²) in [5, 5.41) is 3.69. The number of carbonyl (C=O) groups excluding carboxylic acids is 2. The molecule has 0 saturated carbocycles. The Balaban J connectivity index is 1.65. The topological polar surface area (TPSA) is 101 Å². The number of ether oxygens (including phenoxy) is 1. The lowest BCUT2D eigenvalue weighted by Crippen LogP contribution is -2.20. The van der Waals surface area contributed by atoms with Gasteiger partial charge in [-0.05, 0) is 43.7 Å². The molecule has 1 amide bonds. The number of benzene rings is 2. The molecule has 0 aliphatic carbocycles. The first-order chi connectivity index (χ1) is 15.4. The molecule has 3 rings (SSSR count). The molecule has 0 radical (unpaired) electrons. The number of carbonyl (C=O) groups is 2. The van der Waals surface area contributed by atoms with Crippen molar-refractivity contribution >= 4 is 40.9 Å². The van der Waals surface area contributed by atoms with E-state index in [0.717, 1.165) is 17.3 Å². The van der Waals surface area contributed by atoms with Crippen molar-refractivity contribution in [2.24, 2.45) is 0 Å². The van der Waals surface area contributed by atoms with Gasteiger partial charge in [0.1, 0.15) is 0 Å². The lowest BCUT2D eigenvalue weighted by Gasteiger charge is -2.10. The maximum atomic E-state index is 12.6. The fraction of sp³-hybridized carbons (Fsp3) is 0.217. The highest BCUT2D eigenvalue weighted by Gasteiger charge is 2.15. The monoisotopic (exact) mass is 471 g/mol. The van der Waals surface area contributed by atoms with E-state index in [1.165, 1.54) is 0 Å². The van der Waals surface area contributed by atoms with Gasteiger partial charge in [0.15, 0.2) is 5.16 Å². The van der Waals surface area contributed by atoms with Crippen LogP contribution in [0.4, 0.5) is 5.69 Å². The third kappa shape index (κ3) is 6.21. The first-order valence-corrected chi connectivity index (χ1v) is 11.3. The molecule has 2 aromatic carbocycles. The first-order valence-electron chi connectivity index (χ1n) is 9.90. The van der Waals surface area contributed by atoms with Gasteiger partial charge in [0, 0.05) is 22.7 Å². The zero-order chi connectivity index (χ0) is 23.1. The van der Waals surface area contributed by atoms with Gasteiger partial charge < -0.3 is 15.0 Å². The quantitative estimate of drug-likeness (QED) is 0.289. The van der Waals surface area contributed by atoms with Crippen LogP contribution in [0.3, 0.4) is 0 Å². The third-order valence-corrected chi connectivity index (χ3v) is 5.66. The predicted octanol–water partition coefficient (Wildman–Crippen LogP) is 4.23. The average Bonchev–Trinajstić information content (AvgIpc) is 2.76. The summed E-state index contributed by atoms with van der Waals surface area (Å²) in [5.41, 5.74) is 2.51. The molecule has 7 nitrogen and oxygen atoms in total. The molecule has 0 atom stereocenters. The van der Waals surface area contributed by atoms with Crippen molar-refractivity contribution in [2.45, 2.75) is 25.4 Å². The number of amides is 1. The van der Waals surface area contributed by atoms with Gasteiger partial charge in [-0.1, -0.05) is 47.6 Å². The van der Waals surface area contributed by atoms with Crippen LogP contribution in [0.15, 0.2) is 58.5 Å². The Bertz CT molecular complexity index is 1180. The van der Waals surface area contributed by atoms with E-state index in [1.807, 2.05) is 12.1 Å². The van der Waals surface area contributed by atoms with E-state index in [9.17, 15) is 14.4 Å². The number of anilines is 1. The average molecular weight is 472 g/mol. The SMILES string of the molecule is CCOC(=O)c1ccccc1NC(=O)CSc1nc(C)c(Cc2ccc(Cl)cc2)c(=O)[nH]1. The number of aromatic nitrogens is 2. The maximum absolute atomic E-state index is 12.6. The van der Waals surface area contributed by atoms with E-state index >= 15 is 0 Å². The number of esters is 1. The number of hydrogen-bond donors (Lipinski definition) is 2. The van der Waals surface area contributed by atoms with Crippen LogP contribution in [0, 0.1) is 6.92 Å². The molecule has 3 aromatic rings. The van der Waals surface area contributed by atoms with Crippen molar-refractivity contribution in [3.8, 4) is 0 Å². The minimum Gasteiger partial charge on any atom is -0.462 e. The summed E-state index contributed by atoms with van der Waals surface area (Å²) >= 11 is 7.01. The Kier molecular flexibility index (Phi) is 8.08. The number of thioether (sulfide) groups is 1. The predicted molar refractivity (Wildman–Crippen MR) is 126 cm³/mol. The lowest BCUT2D eigenvalue weighted by molar-refractivity contribution is -0.113. The maximum Gasteiger partial charge on any atom is 0.340 e. The van der Waals surface area contributed by atoms with E-state index in [4.69, 9.17) is 16.3 Å². The van der Waals surface area contributed by atoms with Gasteiger partial charge in [0.25, 0.3) is 5.56 Å². The largest absolute Gasteiger partial charge is 0.462 e. The van der Waals surface area contributed by atoms with Crippen molar-refractivity contribution in [1.29, 1.82) is 0 Å². The summed E-state index contributed by atoms with van der Waals surface area (Å²) in [6, 6.07) is 13.9. The molecule has 166 valence electrons. The molecule has 0 aliphatic heterocycles. The Hall–Kier alpha value is -3.10. The third-order valence-electron chi connectivity index (χ3n) is 4.53. The number of para-hydroxylation sites is 1. The van der Waals surface area contributed by atoms with Crippen molar-refractivity contribution in [3.05, 3.63) is 86.3 Å². The Morgan fingerprint density at radius 2 is 1.88 bits per heavy atom. The number of aromatic amines is 1. The fourth-order valence-electron chi connectivity index (χ4n) is 2.97. The molecular formula is C23H22ClN3O4S. The Morgan fingerprint density at radius 1 is 1.16 bits per heavy atom. The van der Waals surface area contributed by atoms with Gasteiger partial charge >= 0.3 is 5.97 Å². The minimum absolute atomic E-state index is 0.00999. The molecule has 0 saturated heterocycles. The molecule has 9 heteroatoms. The van der Waals surface area contributed by atoms with E-state index in [0.29, 0.717) is 33.5 Å². The highest BCUT2D eigenvalue weighted by atomic mass is 35.5. The number of hydrogen-bond acceptors (Lipinski definition) is 6. The van der Waals surface area contributed by atoms with Crippen LogP contribution in [-0.4, -0.2) is 34.2 Å².